The summed E-state index contributed by atoms with van der Waals surface area (Å²) in [6.07, 6.45) is 0. The maximum Gasteiger partial charge on any atom is 0.375 e. The van der Waals surface area contributed by atoms with Crippen molar-refractivity contribution < 1.29 is 33.8 Å². The highest BCUT2D eigenvalue weighted by Crippen LogP contribution is 2.16. The largest absolute Gasteiger partial charge is 0.468 e. The van der Waals surface area contributed by atoms with E-state index in [4.69, 9.17) is 10.5 Å². The summed E-state index contributed by atoms with van der Waals surface area (Å²) in [5, 5.41) is 9.16. The van der Waals surface area contributed by atoms with Crippen LogP contribution in [-0.2, 0) is 28.7 Å². The third-order valence-electron chi connectivity index (χ3n) is 2.42. The molecule has 0 saturated carbocycles. The second-order valence-corrected chi connectivity index (χ2v) is 6.34. The molecule has 0 bridgehead atoms. The van der Waals surface area contributed by atoms with Crippen LogP contribution in [0.4, 0.5) is 0 Å². The van der Waals surface area contributed by atoms with Gasteiger partial charge in [-0.3, -0.25) is 9.59 Å². The molecule has 0 aliphatic heterocycles. The van der Waals surface area contributed by atoms with E-state index in [-0.39, 0.29) is 24.7 Å². The Kier molecular flexibility index (Phi) is 9.18. The van der Waals surface area contributed by atoms with Crippen LogP contribution >= 0.6 is 11.8 Å². The van der Waals surface area contributed by atoms with E-state index in [9.17, 15) is 24.5 Å². The zero-order valence-corrected chi connectivity index (χ0v) is 13.9. The topological polar surface area (TPSA) is 148 Å². The smallest absolute Gasteiger partial charge is 0.375 e. The molecule has 0 aliphatic rings. The first-order valence-corrected chi connectivity index (χ1v) is 7.63. The van der Waals surface area contributed by atoms with Gasteiger partial charge in [0.25, 0.3) is 5.09 Å². The van der Waals surface area contributed by atoms with Gasteiger partial charge in [-0.05, 0) is 0 Å². The van der Waals surface area contributed by atoms with Gasteiger partial charge in [-0.1, -0.05) is 13.8 Å². The number of nitrogens with two attached hydrogens (primary N) is 1. The van der Waals surface area contributed by atoms with Gasteiger partial charge < -0.3 is 20.0 Å². The summed E-state index contributed by atoms with van der Waals surface area (Å²) in [5.74, 6) is -2.54. The Bertz CT molecular complexity index is 454. The van der Waals surface area contributed by atoms with Gasteiger partial charge in [0.2, 0.25) is 5.78 Å². The van der Waals surface area contributed by atoms with Crippen molar-refractivity contribution >= 4 is 29.5 Å². The van der Waals surface area contributed by atoms with Crippen LogP contribution in [0.3, 0.4) is 0 Å². The van der Waals surface area contributed by atoms with Crippen LogP contribution in [0, 0.1) is 15.5 Å². The number of carbonyl (C=O) groups is 3. The summed E-state index contributed by atoms with van der Waals surface area (Å²) in [5.41, 5.74) is 4.66. The molecule has 0 fully saturated rings. The number of hydrogen-bond acceptors (Lipinski definition) is 10. The molecule has 0 aliphatic carbocycles. The average molecular weight is 352 g/mol. The van der Waals surface area contributed by atoms with Crippen molar-refractivity contribution in [3.05, 3.63) is 10.1 Å². The molecule has 0 aromatic rings. The van der Waals surface area contributed by atoms with E-state index in [0.29, 0.717) is 0 Å². The fourth-order valence-corrected chi connectivity index (χ4v) is 1.98. The first-order chi connectivity index (χ1) is 10.6. The molecule has 0 saturated heterocycles. The number of nitrogens with zero attached hydrogens (tertiary/aromatic N) is 1. The molecule has 0 unspecified atom stereocenters. The highest BCUT2D eigenvalue weighted by atomic mass is 32.2. The molecule has 23 heavy (non-hydrogen) atoms. The van der Waals surface area contributed by atoms with Crippen LogP contribution in [0.1, 0.15) is 13.8 Å². The van der Waals surface area contributed by atoms with Crippen LogP contribution in [0.5, 0.6) is 0 Å². The summed E-state index contributed by atoms with van der Waals surface area (Å²) in [4.78, 5) is 48.4. The molecule has 0 aromatic heterocycles. The molecule has 11 heteroatoms. The third kappa shape index (κ3) is 9.68. The van der Waals surface area contributed by atoms with E-state index >= 15 is 0 Å². The molecule has 0 amide bonds. The van der Waals surface area contributed by atoms with Gasteiger partial charge in [-0.15, -0.1) is 10.1 Å². The number of thioether (sulfide) groups is 1. The van der Waals surface area contributed by atoms with E-state index < -0.39 is 34.3 Å². The molecule has 10 nitrogen and oxygen atoms in total. The molecule has 0 rings (SSSR count). The quantitative estimate of drug-likeness (QED) is 0.224. The lowest BCUT2D eigenvalue weighted by molar-refractivity contribution is -0.760. The third-order valence-corrected chi connectivity index (χ3v) is 3.48. The second-order valence-electron chi connectivity index (χ2n) is 5.31. The summed E-state index contributed by atoms with van der Waals surface area (Å²) >= 11 is 0.999. The van der Waals surface area contributed by atoms with Gasteiger partial charge in [0.05, 0.1) is 19.5 Å². The van der Waals surface area contributed by atoms with Gasteiger partial charge in [-0.25, -0.2) is 4.79 Å². The van der Waals surface area contributed by atoms with Crippen LogP contribution in [0.15, 0.2) is 0 Å². The lowest BCUT2D eigenvalue weighted by Gasteiger charge is -2.22. The summed E-state index contributed by atoms with van der Waals surface area (Å²) < 4.78 is 9.22. The van der Waals surface area contributed by atoms with Crippen molar-refractivity contribution in [2.24, 2.45) is 11.1 Å². The minimum absolute atomic E-state index is 0.119. The monoisotopic (exact) mass is 352 g/mol. The molecular formula is C12H20N2O8S. The number of rotatable bonds is 11. The predicted molar refractivity (Wildman–Crippen MR) is 80.0 cm³/mol. The first-order valence-electron chi connectivity index (χ1n) is 6.47. The molecule has 0 heterocycles. The summed E-state index contributed by atoms with van der Waals surface area (Å²) in [6, 6.07) is -0.882. The number of methoxy groups -OCH3 is 1. The number of carbonyl (C=O) groups excluding carboxylic acids is 3. The molecule has 2 N–H and O–H groups in total. The van der Waals surface area contributed by atoms with E-state index in [2.05, 4.69) is 9.57 Å². The predicted octanol–water partition coefficient (Wildman–Crippen LogP) is -0.433. The highest BCUT2D eigenvalue weighted by molar-refractivity contribution is 8.00. The zero-order valence-electron chi connectivity index (χ0n) is 13.1. The minimum atomic E-state index is -1.06. The summed E-state index contributed by atoms with van der Waals surface area (Å²) in [7, 11) is 1.19. The average Bonchev–Trinajstić information content (AvgIpc) is 2.49. The fourth-order valence-electron chi connectivity index (χ4n) is 1.17. The summed E-state index contributed by atoms with van der Waals surface area (Å²) in [6.45, 7) is 2.68. The van der Waals surface area contributed by atoms with Crippen LogP contribution in [-0.4, -0.2) is 60.7 Å². The molecule has 1 atom stereocenters. The Morgan fingerprint density at radius 3 is 2.43 bits per heavy atom. The lowest BCUT2D eigenvalue weighted by Crippen LogP contribution is -2.34. The molecule has 0 radical (unpaired) electrons. The van der Waals surface area contributed by atoms with Gasteiger partial charge in [0, 0.05) is 11.2 Å². The Hall–Kier alpha value is -1.88. The number of esters is 2. The van der Waals surface area contributed by atoms with Gasteiger partial charge in [0.15, 0.2) is 0 Å². The van der Waals surface area contributed by atoms with Crippen molar-refractivity contribution in [3.63, 3.8) is 0 Å². The number of ketones is 1. The normalized spacial score (nSPS) is 12.2. The SMILES string of the molecule is COC(=O)[C@@H](N)CSCC(=O)C(=O)OCC(C)(C)CO[N+](=O)[O-]. The van der Waals surface area contributed by atoms with E-state index in [1.54, 1.807) is 13.8 Å². The van der Waals surface area contributed by atoms with Crippen molar-refractivity contribution in [1.29, 1.82) is 0 Å². The second kappa shape index (κ2) is 10.0. The standard InChI is InChI=1S/C12H20N2O8S/c1-12(2,7-22-14(18)19)6-21-11(17)9(15)5-23-4-8(13)10(16)20-3/h8H,4-7,13H2,1-3H3/t8-/m0/s1. The number of hydrogen-bond donors (Lipinski definition) is 1. The molecule has 0 aromatic carbocycles. The highest BCUT2D eigenvalue weighted by Gasteiger charge is 2.25. The van der Waals surface area contributed by atoms with Crippen molar-refractivity contribution in [1.82, 2.24) is 0 Å². The van der Waals surface area contributed by atoms with Gasteiger partial charge >= 0.3 is 11.9 Å². The number of ether oxygens (including phenoxy) is 2. The van der Waals surface area contributed by atoms with Crippen molar-refractivity contribution in [2.45, 2.75) is 19.9 Å². The maximum atomic E-state index is 11.6. The van der Waals surface area contributed by atoms with Crippen LogP contribution < -0.4 is 5.73 Å². The van der Waals surface area contributed by atoms with E-state index in [1.807, 2.05) is 0 Å². The van der Waals surface area contributed by atoms with E-state index in [0.717, 1.165) is 11.8 Å². The van der Waals surface area contributed by atoms with Crippen LogP contribution in [0.2, 0.25) is 0 Å². The maximum absolute atomic E-state index is 11.6. The Morgan fingerprint density at radius 1 is 1.30 bits per heavy atom. The van der Waals surface area contributed by atoms with E-state index in [1.165, 1.54) is 7.11 Å². The Labute approximate surface area is 137 Å². The van der Waals surface area contributed by atoms with Gasteiger partial charge in [0.1, 0.15) is 12.6 Å². The molecule has 0 spiro atoms. The lowest BCUT2D eigenvalue weighted by atomic mass is 9.96. The van der Waals surface area contributed by atoms with Gasteiger partial charge in [-0.2, -0.15) is 11.8 Å². The minimum Gasteiger partial charge on any atom is -0.468 e. The fraction of sp³-hybridized carbons (Fsp3) is 0.750. The first kappa shape index (κ1) is 21.1. The Morgan fingerprint density at radius 2 is 1.91 bits per heavy atom. The number of Topliss-reactive ketones (excluding diaryl/α,β-unsaturated/α-hetero) is 1. The van der Waals surface area contributed by atoms with Crippen molar-refractivity contribution in [2.75, 3.05) is 31.8 Å². The molecular weight excluding hydrogens is 332 g/mol. The Balaban J connectivity index is 4.09. The van der Waals surface area contributed by atoms with Crippen molar-refractivity contribution in [3.8, 4) is 0 Å². The molecule has 132 valence electrons. The zero-order chi connectivity index (χ0) is 18.0. The van der Waals surface area contributed by atoms with Crippen LogP contribution in [0.25, 0.3) is 0 Å².